The van der Waals surface area contributed by atoms with E-state index in [0.717, 1.165) is 46.5 Å². The van der Waals surface area contributed by atoms with E-state index in [4.69, 9.17) is 9.47 Å². The normalized spacial score (nSPS) is 14.7. The summed E-state index contributed by atoms with van der Waals surface area (Å²) in [6, 6.07) is 19.0. The summed E-state index contributed by atoms with van der Waals surface area (Å²) in [7, 11) is 1.61. The average Bonchev–Trinajstić information content (AvgIpc) is 2.93. The van der Waals surface area contributed by atoms with Crippen molar-refractivity contribution in [2.45, 2.75) is 64.1 Å². The molecule has 1 unspecified atom stereocenters. The van der Waals surface area contributed by atoms with Crippen molar-refractivity contribution in [1.82, 2.24) is 10.2 Å². The van der Waals surface area contributed by atoms with Gasteiger partial charge in [0.1, 0.15) is 17.5 Å². The quantitative estimate of drug-likeness (QED) is 0.315. The Hall–Kier alpha value is -3.06. The van der Waals surface area contributed by atoms with Gasteiger partial charge < -0.3 is 19.7 Å². The minimum absolute atomic E-state index is 0.0995. The van der Waals surface area contributed by atoms with Crippen LogP contribution in [0.3, 0.4) is 0 Å². The molecular formula is C30H35BrN2O4. The maximum absolute atomic E-state index is 13.6. The monoisotopic (exact) mass is 566 g/mol. The van der Waals surface area contributed by atoms with Crippen molar-refractivity contribution in [3.05, 3.63) is 70.7 Å². The number of hydrogen-bond donors (Lipinski definition) is 1. The molecule has 1 aliphatic rings. The van der Waals surface area contributed by atoms with E-state index >= 15 is 0 Å². The van der Waals surface area contributed by atoms with Crippen LogP contribution < -0.4 is 14.8 Å². The first-order valence-electron chi connectivity index (χ1n) is 13.0. The third kappa shape index (κ3) is 6.83. The van der Waals surface area contributed by atoms with Gasteiger partial charge in [-0.25, -0.2) is 0 Å². The topological polar surface area (TPSA) is 67.9 Å². The van der Waals surface area contributed by atoms with E-state index in [-0.39, 0.29) is 31.0 Å². The molecule has 0 bridgehead atoms. The number of methoxy groups -OCH3 is 1. The lowest BCUT2D eigenvalue weighted by Crippen LogP contribution is -2.52. The first-order chi connectivity index (χ1) is 18.0. The number of nitrogens with zero attached hydrogens (tertiary/aromatic N) is 1. The third-order valence-corrected chi connectivity index (χ3v) is 7.82. The molecule has 2 amide bonds. The molecule has 1 atom stereocenters. The number of nitrogens with one attached hydrogen (secondary N) is 1. The molecule has 37 heavy (non-hydrogen) atoms. The fourth-order valence-corrected chi connectivity index (χ4v) is 5.59. The molecule has 1 fully saturated rings. The number of carbonyl (C=O) groups is 2. The van der Waals surface area contributed by atoms with E-state index in [1.807, 2.05) is 67.6 Å². The Labute approximate surface area is 227 Å². The van der Waals surface area contributed by atoms with Crippen molar-refractivity contribution in [3.8, 4) is 11.5 Å². The number of benzene rings is 3. The molecule has 3 aromatic carbocycles. The van der Waals surface area contributed by atoms with Crippen molar-refractivity contribution in [2.24, 2.45) is 0 Å². The fourth-order valence-electron chi connectivity index (χ4n) is 4.98. The Morgan fingerprint density at radius 3 is 2.59 bits per heavy atom. The van der Waals surface area contributed by atoms with Gasteiger partial charge in [0.25, 0.3) is 5.91 Å². The third-order valence-electron chi connectivity index (χ3n) is 7.00. The standard InChI is InChI=1S/C30H35BrN2O4/c1-3-26(30(35)32-23-12-5-4-6-13-23)33(19-21-10-9-14-24(18-21)36-2)28(34)20-37-27-17-16-22-11-7-8-15-25(22)29(27)31/h7-11,14-18,23,26H,3-6,12-13,19-20H2,1-2H3,(H,32,35). The Morgan fingerprint density at radius 1 is 1.05 bits per heavy atom. The number of fused-ring (bicyclic) bond motifs is 1. The second-order valence-corrected chi connectivity index (χ2v) is 10.3. The molecule has 0 radical (unpaired) electrons. The summed E-state index contributed by atoms with van der Waals surface area (Å²) in [6.07, 6.45) is 5.96. The molecule has 0 spiro atoms. The number of amides is 2. The Kier molecular flexibility index (Phi) is 9.45. The van der Waals surface area contributed by atoms with Crippen LogP contribution in [0.15, 0.2) is 65.1 Å². The van der Waals surface area contributed by atoms with Gasteiger partial charge in [-0.3, -0.25) is 9.59 Å². The molecule has 0 aromatic heterocycles. The van der Waals surface area contributed by atoms with E-state index in [0.29, 0.717) is 17.9 Å². The molecule has 6 nitrogen and oxygen atoms in total. The number of rotatable bonds is 10. The molecule has 0 heterocycles. The van der Waals surface area contributed by atoms with Gasteiger partial charge in [-0.1, -0.05) is 68.7 Å². The number of halogens is 1. The summed E-state index contributed by atoms with van der Waals surface area (Å²) >= 11 is 3.63. The fraction of sp³-hybridized carbons (Fsp3) is 0.400. The van der Waals surface area contributed by atoms with Gasteiger partial charge in [-0.2, -0.15) is 0 Å². The zero-order valence-electron chi connectivity index (χ0n) is 21.5. The van der Waals surface area contributed by atoms with E-state index in [9.17, 15) is 9.59 Å². The number of hydrogen-bond acceptors (Lipinski definition) is 4. The van der Waals surface area contributed by atoms with Crippen molar-refractivity contribution in [2.75, 3.05) is 13.7 Å². The molecule has 4 rings (SSSR count). The van der Waals surface area contributed by atoms with Crippen LogP contribution in [0, 0.1) is 0 Å². The molecule has 7 heteroatoms. The molecular weight excluding hydrogens is 532 g/mol. The zero-order chi connectivity index (χ0) is 26.2. The maximum atomic E-state index is 13.6. The molecule has 0 saturated heterocycles. The van der Waals surface area contributed by atoms with Crippen LogP contribution in [-0.2, 0) is 16.1 Å². The second kappa shape index (κ2) is 13.0. The summed E-state index contributed by atoms with van der Waals surface area (Å²) in [5.74, 6) is 0.958. The molecule has 0 aliphatic heterocycles. The number of carbonyl (C=O) groups excluding carboxylic acids is 2. The first-order valence-corrected chi connectivity index (χ1v) is 13.8. The van der Waals surface area contributed by atoms with Crippen LogP contribution in [0.1, 0.15) is 51.0 Å². The highest BCUT2D eigenvalue weighted by molar-refractivity contribution is 9.10. The highest BCUT2D eigenvalue weighted by atomic mass is 79.9. The predicted octanol–water partition coefficient (Wildman–Crippen LogP) is 6.25. The smallest absolute Gasteiger partial charge is 0.261 e. The van der Waals surface area contributed by atoms with Crippen LogP contribution >= 0.6 is 15.9 Å². The molecule has 196 valence electrons. The van der Waals surface area contributed by atoms with Crippen LogP contribution in [0.2, 0.25) is 0 Å². The van der Waals surface area contributed by atoms with E-state index in [2.05, 4.69) is 21.2 Å². The van der Waals surface area contributed by atoms with Gasteiger partial charge in [0.05, 0.1) is 11.6 Å². The molecule has 1 N–H and O–H groups in total. The second-order valence-electron chi connectivity index (χ2n) is 9.53. The van der Waals surface area contributed by atoms with Gasteiger partial charge in [0.15, 0.2) is 6.61 Å². The highest BCUT2D eigenvalue weighted by Gasteiger charge is 2.30. The zero-order valence-corrected chi connectivity index (χ0v) is 23.1. The van der Waals surface area contributed by atoms with E-state index in [1.165, 1.54) is 6.42 Å². The average molecular weight is 568 g/mol. The summed E-state index contributed by atoms with van der Waals surface area (Å²) in [5.41, 5.74) is 0.892. The van der Waals surface area contributed by atoms with Gasteiger partial charge in [-0.05, 0) is 69.7 Å². The largest absolute Gasteiger partial charge is 0.497 e. The Bertz CT molecular complexity index is 1230. The van der Waals surface area contributed by atoms with Crippen molar-refractivity contribution >= 4 is 38.5 Å². The summed E-state index contributed by atoms with van der Waals surface area (Å²) in [6.45, 7) is 2.06. The molecule has 1 saturated carbocycles. The predicted molar refractivity (Wildman–Crippen MR) is 150 cm³/mol. The highest BCUT2D eigenvalue weighted by Crippen LogP contribution is 2.33. The van der Waals surface area contributed by atoms with Gasteiger partial charge in [0, 0.05) is 12.6 Å². The van der Waals surface area contributed by atoms with Crippen molar-refractivity contribution in [1.29, 1.82) is 0 Å². The van der Waals surface area contributed by atoms with E-state index < -0.39 is 6.04 Å². The van der Waals surface area contributed by atoms with Crippen molar-refractivity contribution in [3.63, 3.8) is 0 Å². The number of ether oxygens (including phenoxy) is 2. The van der Waals surface area contributed by atoms with Gasteiger partial charge in [-0.15, -0.1) is 0 Å². The SMILES string of the molecule is CCC(C(=O)NC1CCCCC1)N(Cc1cccc(OC)c1)C(=O)COc1ccc2ccccc2c1Br. The van der Waals surface area contributed by atoms with Crippen LogP contribution in [-0.4, -0.2) is 42.5 Å². The van der Waals surface area contributed by atoms with Crippen LogP contribution in [0.4, 0.5) is 0 Å². The first kappa shape index (κ1) is 27.0. The lowest BCUT2D eigenvalue weighted by Gasteiger charge is -2.32. The van der Waals surface area contributed by atoms with Crippen molar-refractivity contribution < 1.29 is 19.1 Å². The Morgan fingerprint density at radius 2 is 1.84 bits per heavy atom. The minimum Gasteiger partial charge on any atom is -0.497 e. The van der Waals surface area contributed by atoms with Crippen LogP contribution in [0.5, 0.6) is 11.5 Å². The summed E-state index contributed by atoms with van der Waals surface area (Å²) < 4.78 is 12.2. The lowest BCUT2D eigenvalue weighted by atomic mass is 9.95. The minimum atomic E-state index is -0.593. The molecule has 3 aromatic rings. The maximum Gasteiger partial charge on any atom is 0.261 e. The van der Waals surface area contributed by atoms with E-state index in [1.54, 1.807) is 12.0 Å². The Balaban J connectivity index is 1.54. The lowest BCUT2D eigenvalue weighted by molar-refractivity contribution is -0.143. The molecule has 1 aliphatic carbocycles. The van der Waals surface area contributed by atoms with Gasteiger partial charge in [0.2, 0.25) is 5.91 Å². The summed E-state index contributed by atoms with van der Waals surface area (Å²) in [4.78, 5) is 28.7. The van der Waals surface area contributed by atoms with Gasteiger partial charge >= 0.3 is 0 Å². The summed E-state index contributed by atoms with van der Waals surface area (Å²) in [5, 5.41) is 5.31. The van der Waals surface area contributed by atoms with Crippen LogP contribution in [0.25, 0.3) is 10.8 Å².